The molecule has 3 unspecified atom stereocenters. The first kappa shape index (κ1) is 7.33. The lowest BCUT2D eigenvalue weighted by Gasteiger charge is -2.27. The highest BCUT2D eigenvalue weighted by atomic mass is 14.5. The molecule has 0 amide bonds. The Morgan fingerprint density at radius 1 is 1.27 bits per heavy atom. The third-order valence-corrected chi connectivity index (χ3v) is 3.54. The molecule has 0 aromatic carbocycles. The van der Waals surface area contributed by atoms with E-state index >= 15 is 0 Å². The van der Waals surface area contributed by atoms with Crippen molar-refractivity contribution in [2.45, 2.75) is 39.0 Å². The first-order chi connectivity index (χ1) is 5.29. The van der Waals surface area contributed by atoms with E-state index in [1.807, 2.05) is 0 Å². The zero-order valence-corrected chi connectivity index (χ0v) is 7.27. The number of hydrogen-bond acceptors (Lipinski definition) is 1. The molecule has 11 heavy (non-hydrogen) atoms. The van der Waals surface area contributed by atoms with Crippen LogP contribution in [0.15, 0.2) is 0 Å². The van der Waals surface area contributed by atoms with Crippen LogP contribution in [0.1, 0.15) is 39.0 Å². The van der Waals surface area contributed by atoms with Gasteiger partial charge in [0.15, 0.2) is 0 Å². The van der Waals surface area contributed by atoms with Crippen molar-refractivity contribution in [3.05, 3.63) is 0 Å². The van der Waals surface area contributed by atoms with E-state index < -0.39 is 0 Å². The molecule has 62 valence electrons. The van der Waals surface area contributed by atoms with Gasteiger partial charge in [0.2, 0.25) is 0 Å². The molecule has 0 radical (unpaired) electrons. The first-order valence-corrected chi connectivity index (χ1v) is 4.86. The lowest BCUT2D eigenvalue weighted by molar-refractivity contribution is 0.259. The maximum Gasteiger partial charge on any atom is 0.0126 e. The Morgan fingerprint density at radius 2 is 2.00 bits per heavy atom. The van der Waals surface area contributed by atoms with Crippen LogP contribution in [-0.4, -0.2) is 5.71 Å². The predicted molar refractivity (Wildman–Crippen MR) is 47.0 cm³/mol. The zero-order valence-electron chi connectivity index (χ0n) is 7.27. The average molecular weight is 151 g/mol. The normalized spacial score (nSPS) is 44.1. The lowest BCUT2D eigenvalue weighted by Crippen LogP contribution is -2.20. The molecule has 1 nitrogen and oxygen atoms in total. The molecule has 0 spiro atoms. The van der Waals surface area contributed by atoms with Crippen LogP contribution in [0, 0.1) is 23.2 Å². The minimum Gasteiger partial charge on any atom is -0.309 e. The summed E-state index contributed by atoms with van der Waals surface area (Å²) in [6.45, 7) is 2.32. The Hall–Kier alpha value is -0.330. The summed E-state index contributed by atoms with van der Waals surface area (Å²) in [7, 11) is 0. The molecule has 2 saturated carbocycles. The van der Waals surface area contributed by atoms with Gasteiger partial charge >= 0.3 is 0 Å². The predicted octanol–water partition coefficient (Wildman–Crippen LogP) is 2.85. The summed E-state index contributed by atoms with van der Waals surface area (Å²) in [6, 6.07) is 0. The summed E-state index contributed by atoms with van der Waals surface area (Å²) in [5.41, 5.74) is 1.06. The van der Waals surface area contributed by atoms with Crippen molar-refractivity contribution in [2.75, 3.05) is 0 Å². The van der Waals surface area contributed by atoms with Gasteiger partial charge in [0, 0.05) is 5.71 Å². The molecule has 2 aliphatic rings. The molecular formula is C10H17N. The van der Waals surface area contributed by atoms with Gasteiger partial charge in [-0.15, -0.1) is 0 Å². The summed E-state index contributed by atoms with van der Waals surface area (Å²) in [4.78, 5) is 0. The molecule has 0 aromatic heterocycles. The highest BCUT2D eigenvalue weighted by Crippen LogP contribution is 2.43. The van der Waals surface area contributed by atoms with E-state index in [1.54, 1.807) is 0 Å². The van der Waals surface area contributed by atoms with Crippen LogP contribution in [-0.2, 0) is 0 Å². The van der Waals surface area contributed by atoms with Gasteiger partial charge in [0.1, 0.15) is 0 Å². The SMILES string of the molecule is CC1CC(=N)C2CCCCC12. The van der Waals surface area contributed by atoms with Crippen molar-refractivity contribution in [3.63, 3.8) is 0 Å². The molecule has 0 heterocycles. The number of hydrogen-bond donors (Lipinski definition) is 1. The Kier molecular flexibility index (Phi) is 1.74. The second-order valence-electron chi connectivity index (χ2n) is 4.26. The minimum absolute atomic E-state index is 0.693. The Morgan fingerprint density at radius 3 is 2.73 bits per heavy atom. The fourth-order valence-corrected chi connectivity index (χ4v) is 2.92. The van der Waals surface area contributed by atoms with E-state index in [4.69, 9.17) is 5.41 Å². The fraction of sp³-hybridized carbons (Fsp3) is 0.900. The van der Waals surface area contributed by atoms with E-state index in [0.29, 0.717) is 5.92 Å². The van der Waals surface area contributed by atoms with E-state index in [1.165, 1.54) is 25.7 Å². The Bertz CT molecular complexity index is 174. The van der Waals surface area contributed by atoms with Gasteiger partial charge in [-0.2, -0.15) is 0 Å². The Balaban J connectivity index is 2.13. The number of nitrogens with one attached hydrogen (secondary N) is 1. The molecule has 3 atom stereocenters. The highest BCUT2D eigenvalue weighted by molar-refractivity contribution is 5.86. The minimum atomic E-state index is 0.693. The van der Waals surface area contributed by atoms with Crippen molar-refractivity contribution >= 4 is 5.71 Å². The van der Waals surface area contributed by atoms with Gasteiger partial charge in [0.05, 0.1) is 0 Å². The fourth-order valence-electron chi connectivity index (χ4n) is 2.92. The summed E-state index contributed by atoms with van der Waals surface area (Å²) in [5, 5.41) is 7.80. The van der Waals surface area contributed by atoms with Crippen LogP contribution in [0.4, 0.5) is 0 Å². The molecule has 2 rings (SSSR count). The van der Waals surface area contributed by atoms with Crippen LogP contribution in [0.2, 0.25) is 0 Å². The second kappa shape index (κ2) is 2.62. The topological polar surface area (TPSA) is 23.9 Å². The number of rotatable bonds is 0. The zero-order chi connectivity index (χ0) is 7.84. The molecule has 0 bridgehead atoms. The lowest BCUT2D eigenvalue weighted by atomic mass is 9.78. The third kappa shape index (κ3) is 1.11. The highest BCUT2D eigenvalue weighted by Gasteiger charge is 2.38. The first-order valence-electron chi connectivity index (χ1n) is 4.86. The van der Waals surface area contributed by atoms with Crippen LogP contribution < -0.4 is 0 Å². The van der Waals surface area contributed by atoms with Crippen LogP contribution in [0.25, 0.3) is 0 Å². The largest absolute Gasteiger partial charge is 0.309 e. The third-order valence-electron chi connectivity index (χ3n) is 3.54. The number of fused-ring (bicyclic) bond motifs is 1. The molecule has 0 aliphatic heterocycles. The van der Waals surface area contributed by atoms with Gasteiger partial charge in [-0.05, 0) is 37.0 Å². The van der Waals surface area contributed by atoms with E-state index in [0.717, 1.165) is 24.0 Å². The van der Waals surface area contributed by atoms with Crippen molar-refractivity contribution in [2.24, 2.45) is 17.8 Å². The molecule has 0 aromatic rings. The van der Waals surface area contributed by atoms with Crippen LogP contribution in [0.3, 0.4) is 0 Å². The van der Waals surface area contributed by atoms with Gasteiger partial charge < -0.3 is 5.41 Å². The molecule has 2 aliphatic carbocycles. The maximum absolute atomic E-state index is 7.80. The van der Waals surface area contributed by atoms with E-state index in [-0.39, 0.29) is 0 Å². The smallest absolute Gasteiger partial charge is 0.0126 e. The summed E-state index contributed by atoms with van der Waals surface area (Å²) < 4.78 is 0. The second-order valence-corrected chi connectivity index (χ2v) is 4.26. The maximum atomic E-state index is 7.80. The van der Waals surface area contributed by atoms with E-state index in [9.17, 15) is 0 Å². The molecule has 2 fully saturated rings. The quantitative estimate of drug-likeness (QED) is 0.550. The monoisotopic (exact) mass is 151 g/mol. The molecule has 1 N–H and O–H groups in total. The van der Waals surface area contributed by atoms with Crippen LogP contribution in [0.5, 0.6) is 0 Å². The van der Waals surface area contributed by atoms with E-state index in [2.05, 4.69) is 6.92 Å². The van der Waals surface area contributed by atoms with Gasteiger partial charge in [0.25, 0.3) is 0 Å². The average Bonchev–Trinajstić information content (AvgIpc) is 2.30. The van der Waals surface area contributed by atoms with Crippen molar-refractivity contribution in [1.82, 2.24) is 0 Å². The van der Waals surface area contributed by atoms with Crippen molar-refractivity contribution in [1.29, 1.82) is 5.41 Å². The van der Waals surface area contributed by atoms with Gasteiger partial charge in [-0.25, -0.2) is 0 Å². The van der Waals surface area contributed by atoms with Gasteiger partial charge in [-0.1, -0.05) is 19.8 Å². The standard InChI is InChI=1S/C10H17N/c1-7-6-10(11)9-5-3-2-4-8(7)9/h7-9,11H,2-6H2,1H3. The molecule has 0 saturated heterocycles. The summed E-state index contributed by atoms with van der Waals surface area (Å²) >= 11 is 0. The van der Waals surface area contributed by atoms with Crippen LogP contribution >= 0.6 is 0 Å². The summed E-state index contributed by atoms with van der Waals surface area (Å²) in [5.74, 6) is 2.39. The summed E-state index contributed by atoms with van der Waals surface area (Å²) in [6.07, 6.45) is 6.59. The Labute approximate surface area is 68.7 Å². The van der Waals surface area contributed by atoms with Gasteiger partial charge in [-0.3, -0.25) is 0 Å². The van der Waals surface area contributed by atoms with Crippen molar-refractivity contribution in [3.8, 4) is 0 Å². The van der Waals surface area contributed by atoms with Crippen molar-refractivity contribution < 1.29 is 0 Å². The molecule has 1 heteroatoms. The molecular weight excluding hydrogens is 134 g/mol.